The lowest BCUT2D eigenvalue weighted by atomic mass is 9.92. The van der Waals surface area contributed by atoms with Gasteiger partial charge in [-0.25, -0.2) is 0 Å². The topological polar surface area (TPSA) is 165 Å². The zero-order valence-electron chi connectivity index (χ0n) is 34.4. The van der Waals surface area contributed by atoms with E-state index in [0.717, 1.165) is 90.2 Å². The summed E-state index contributed by atoms with van der Waals surface area (Å²) in [6.07, 6.45) is 9.12. The van der Waals surface area contributed by atoms with Crippen molar-refractivity contribution in [2.45, 2.75) is 129 Å². The molecule has 3 atom stereocenters. The molecule has 2 aromatic carbocycles. The maximum atomic E-state index is 13.3. The number of nitrogens with zero attached hydrogens (tertiary/aromatic N) is 4. The summed E-state index contributed by atoms with van der Waals surface area (Å²) in [6, 6.07) is 13.8. The second-order valence-electron chi connectivity index (χ2n) is 15.7. The summed E-state index contributed by atoms with van der Waals surface area (Å²) in [5.74, 6) is 0.176. The molecule has 4 aromatic rings. The van der Waals surface area contributed by atoms with Gasteiger partial charge in [-0.05, 0) is 82.3 Å². The molecule has 1 unspecified atom stereocenters. The van der Waals surface area contributed by atoms with Crippen LogP contribution in [0.1, 0.15) is 141 Å². The number of anilines is 1. The molecule has 0 spiro atoms. The van der Waals surface area contributed by atoms with Crippen LogP contribution in [-0.4, -0.2) is 62.4 Å². The maximum absolute atomic E-state index is 13.3. The van der Waals surface area contributed by atoms with Crippen LogP contribution >= 0.6 is 22.9 Å². The number of aliphatic imine (C=N–C) groups is 1. The third-order valence-electron chi connectivity index (χ3n) is 11.2. The SMILES string of the molecule is Cc1sc2c(c1C)C(c1ccc(Cl)cc1)=N[C@@H](CC(=O)NCCCCCCCCCCC(=O)Nc1cccc([C@H](C)C(=O)NC3CCC(=O)CC3=O)c1)c1nnc(C)n1-2. The highest BCUT2D eigenvalue weighted by Crippen LogP contribution is 2.39. The summed E-state index contributed by atoms with van der Waals surface area (Å²) in [7, 11) is 0. The van der Waals surface area contributed by atoms with Gasteiger partial charge in [0.2, 0.25) is 17.7 Å². The number of thiophene rings is 1. The van der Waals surface area contributed by atoms with E-state index in [0.29, 0.717) is 42.3 Å². The van der Waals surface area contributed by atoms with Gasteiger partial charge in [0.25, 0.3) is 0 Å². The minimum atomic E-state index is -0.624. The largest absolute Gasteiger partial charge is 0.356 e. The van der Waals surface area contributed by atoms with Gasteiger partial charge in [0, 0.05) is 46.1 Å². The first-order valence-electron chi connectivity index (χ1n) is 20.8. The van der Waals surface area contributed by atoms with Gasteiger partial charge in [-0.15, -0.1) is 21.5 Å². The zero-order valence-corrected chi connectivity index (χ0v) is 35.9. The van der Waals surface area contributed by atoms with E-state index in [1.54, 1.807) is 36.5 Å². The number of fused-ring (bicyclic) bond motifs is 3. The summed E-state index contributed by atoms with van der Waals surface area (Å²) in [4.78, 5) is 68.8. The number of Topliss-reactive ketones (excluding diaryl/α,β-unsaturated/α-hetero) is 2. The summed E-state index contributed by atoms with van der Waals surface area (Å²) in [5, 5.41) is 19.4. The highest BCUT2D eigenvalue weighted by Gasteiger charge is 2.33. The van der Waals surface area contributed by atoms with Crippen LogP contribution < -0.4 is 16.0 Å². The van der Waals surface area contributed by atoms with Gasteiger partial charge in [-0.2, -0.15) is 0 Å². The Morgan fingerprint density at radius 1 is 0.915 bits per heavy atom. The molecule has 2 aromatic heterocycles. The molecule has 1 saturated carbocycles. The van der Waals surface area contributed by atoms with E-state index in [2.05, 4.69) is 44.6 Å². The first-order valence-corrected chi connectivity index (χ1v) is 22.0. The van der Waals surface area contributed by atoms with E-state index in [9.17, 15) is 24.0 Å². The molecular weight excluding hydrogens is 786 g/mol. The van der Waals surface area contributed by atoms with Crippen LogP contribution in [-0.2, 0) is 24.0 Å². The number of aryl methyl sites for hydroxylation is 2. The second-order valence-corrected chi connectivity index (χ2v) is 17.4. The second kappa shape index (κ2) is 20.3. The third-order valence-corrected chi connectivity index (χ3v) is 12.7. The number of carbonyl (C=O) groups is 5. The standard InChI is InChI=1S/C45H54ClN7O5S/c1-27-29(3)59-45-41(27)42(31-17-19-33(46)20-18-31)49-37(43-52-51-30(4)53(43)45)26-40(57)47-23-12-10-8-6-5-7-9-11-16-39(56)48-34-15-13-14-32(24-34)28(2)44(58)50-36-22-21-35(54)25-38(36)55/h13-15,17-20,24,28,36-37H,5-12,16,21-23,25-26H2,1-4H3,(H,47,57)(H,48,56)(H,50,58)/t28-,36?,37-/m0/s1. The van der Waals surface area contributed by atoms with Crippen molar-refractivity contribution < 1.29 is 24.0 Å². The van der Waals surface area contributed by atoms with E-state index in [1.807, 2.05) is 37.3 Å². The van der Waals surface area contributed by atoms with Gasteiger partial charge in [0.15, 0.2) is 11.6 Å². The number of rotatable bonds is 18. The van der Waals surface area contributed by atoms with Crippen molar-refractivity contribution in [3.8, 4) is 5.00 Å². The van der Waals surface area contributed by atoms with Crippen LogP contribution in [0, 0.1) is 20.8 Å². The smallest absolute Gasteiger partial charge is 0.227 e. The summed E-state index contributed by atoms with van der Waals surface area (Å²) in [6.45, 7) is 8.51. The van der Waals surface area contributed by atoms with E-state index < -0.39 is 18.0 Å². The van der Waals surface area contributed by atoms with Crippen LogP contribution in [0.3, 0.4) is 0 Å². The highest BCUT2D eigenvalue weighted by molar-refractivity contribution is 7.15. The lowest BCUT2D eigenvalue weighted by Gasteiger charge is -2.23. The number of unbranched alkanes of at least 4 members (excludes halogenated alkanes) is 7. The van der Waals surface area contributed by atoms with Gasteiger partial charge in [0.05, 0.1) is 30.5 Å². The minimum absolute atomic E-state index is 0.0645. The molecule has 3 amide bonds. The minimum Gasteiger partial charge on any atom is -0.356 e. The lowest BCUT2D eigenvalue weighted by Crippen LogP contribution is -2.45. The Kier molecular flexibility index (Phi) is 15.0. The fraction of sp³-hybridized carbons (Fsp3) is 0.467. The molecule has 0 radical (unpaired) electrons. The first kappa shape index (κ1) is 43.6. The molecule has 312 valence electrons. The first-order chi connectivity index (χ1) is 28.4. The van der Waals surface area contributed by atoms with Gasteiger partial charge in [0.1, 0.15) is 22.7 Å². The number of benzene rings is 2. The molecule has 14 heteroatoms. The number of nitrogens with one attached hydrogen (secondary N) is 3. The molecular formula is C45H54ClN7O5S. The predicted octanol–water partition coefficient (Wildman–Crippen LogP) is 8.37. The maximum Gasteiger partial charge on any atom is 0.227 e. The van der Waals surface area contributed by atoms with Crippen molar-refractivity contribution in [1.29, 1.82) is 0 Å². The molecule has 0 saturated heterocycles. The van der Waals surface area contributed by atoms with Crippen LogP contribution in [0.15, 0.2) is 53.5 Å². The average Bonchev–Trinajstić information content (AvgIpc) is 3.69. The van der Waals surface area contributed by atoms with Crippen molar-refractivity contribution in [2.24, 2.45) is 4.99 Å². The molecule has 1 aliphatic heterocycles. The van der Waals surface area contributed by atoms with Crippen molar-refractivity contribution in [2.75, 3.05) is 11.9 Å². The van der Waals surface area contributed by atoms with Gasteiger partial charge in [-0.3, -0.25) is 33.5 Å². The molecule has 12 nitrogen and oxygen atoms in total. The molecule has 2 aliphatic rings. The van der Waals surface area contributed by atoms with E-state index in [1.165, 1.54) is 4.88 Å². The number of amides is 3. The Balaban J connectivity index is 0.866. The Morgan fingerprint density at radius 3 is 2.36 bits per heavy atom. The summed E-state index contributed by atoms with van der Waals surface area (Å²) < 4.78 is 2.06. The van der Waals surface area contributed by atoms with E-state index in [-0.39, 0.29) is 42.1 Å². The van der Waals surface area contributed by atoms with Crippen LogP contribution in [0.4, 0.5) is 5.69 Å². The Labute approximate surface area is 355 Å². The third kappa shape index (κ3) is 11.2. The van der Waals surface area contributed by atoms with Crippen LogP contribution in [0.25, 0.3) is 5.00 Å². The van der Waals surface area contributed by atoms with Crippen molar-refractivity contribution in [3.63, 3.8) is 0 Å². The molecule has 1 fully saturated rings. The van der Waals surface area contributed by atoms with Crippen molar-refractivity contribution in [1.82, 2.24) is 25.4 Å². The highest BCUT2D eigenvalue weighted by atomic mass is 35.5. The monoisotopic (exact) mass is 839 g/mol. The Morgan fingerprint density at radius 2 is 1.63 bits per heavy atom. The number of hydrogen-bond acceptors (Lipinski definition) is 9. The number of carbonyl (C=O) groups excluding carboxylic acids is 5. The number of aromatic nitrogens is 3. The van der Waals surface area contributed by atoms with Crippen molar-refractivity contribution >= 4 is 63.6 Å². The van der Waals surface area contributed by atoms with Gasteiger partial charge < -0.3 is 16.0 Å². The average molecular weight is 840 g/mol. The summed E-state index contributed by atoms with van der Waals surface area (Å²) in [5.41, 5.74) is 5.33. The Hall–Kier alpha value is -5.01. The van der Waals surface area contributed by atoms with Gasteiger partial charge in [-0.1, -0.05) is 74.4 Å². The normalized spacial score (nSPS) is 16.7. The predicted molar refractivity (Wildman–Crippen MR) is 232 cm³/mol. The molecule has 3 N–H and O–H groups in total. The van der Waals surface area contributed by atoms with E-state index in [4.69, 9.17) is 16.6 Å². The summed E-state index contributed by atoms with van der Waals surface area (Å²) >= 11 is 7.92. The molecule has 1 aliphatic carbocycles. The number of halogens is 1. The fourth-order valence-electron chi connectivity index (χ4n) is 7.66. The quantitative estimate of drug-likeness (QED) is 0.0669. The van der Waals surface area contributed by atoms with Crippen LogP contribution in [0.2, 0.25) is 5.02 Å². The molecule has 59 heavy (non-hydrogen) atoms. The molecule has 0 bridgehead atoms. The van der Waals surface area contributed by atoms with Gasteiger partial charge >= 0.3 is 0 Å². The van der Waals surface area contributed by atoms with E-state index >= 15 is 0 Å². The molecule has 6 rings (SSSR count). The van der Waals surface area contributed by atoms with Crippen molar-refractivity contribution in [3.05, 3.63) is 92.3 Å². The lowest BCUT2D eigenvalue weighted by molar-refractivity contribution is -0.134. The molecule has 3 heterocycles. The number of ketones is 2. The number of hydrogen-bond donors (Lipinski definition) is 3. The zero-order chi connectivity index (χ0) is 42.1. The van der Waals surface area contributed by atoms with Crippen LogP contribution in [0.5, 0.6) is 0 Å². The Bertz CT molecular complexity index is 2210. The fourth-order valence-corrected chi connectivity index (χ4v) is 9.00.